The average Bonchev–Trinajstić information content (AvgIpc) is 2.91. The second kappa shape index (κ2) is 6.84. The Morgan fingerprint density at radius 1 is 0.760 bits per heavy atom. The summed E-state index contributed by atoms with van der Waals surface area (Å²) in [4.78, 5) is 0. The van der Waals surface area contributed by atoms with Gasteiger partial charge in [-0.1, -0.05) is 26.0 Å². The second-order valence-corrected chi connectivity index (χ2v) is 6.56. The van der Waals surface area contributed by atoms with Gasteiger partial charge in [0.25, 0.3) is 0 Å². The zero-order valence-corrected chi connectivity index (χ0v) is 14.9. The predicted octanol–water partition coefficient (Wildman–Crippen LogP) is 4.20. The van der Waals surface area contributed by atoms with Gasteiger partial charge in [-0.05, 0) is 47.2 Å². The van der Waals surface area contributed by atoms with E-state index in [1.807, 2.05) is 24.3 Å². The van der Waals surface area contributed by atoms with Crippen molar-refractivity contribution in [1.82, 2.24) is 0 Å². The molecule has 0 radical (unpaired) electrons. The van der Waals surface area contributed by atoms with E-state index in [1.165, 1.54) is 14.2 Å². The molecule has 1 aliphatic heterocycles. The van der Waals surface area contributed by atoms with Crippen molar-refractivity contribution < 1.29 is 24.4 Å². The molecule has 0 aromatic heterocycles. The Balaban J connectivity index is 1.91. The topological polar surface area (TPSA) is 68.2 Å². The van der Waals surface area contributed by atoms with Crippen LogP contribution in [0.4, 0.5) is 0 Å². The van der Waals surface area contributed by atoms with Crippen molar-refractivity contribution in [3.8, 4) is 23.0 Å². The smallest absolute Gasteiger partial charge is 0.160 e. The van der Waals surface area contributed by atoms with Crippen LogP contribution in [0.15, 0.2) is 36.4 Å². The first-order valence-electron chi connectivity index (χ1n) is 8.35. The van der Waals surface area contributed by atoms with E-state index in [0.717, 1.165) is 11.1 Å². The molecule has 5 nitrogen and oxygen atoms in total. The molecular formula is C20H24O5. The molecule has 0 aliphatic carbocycles. The summed E-state index contributed by atoms with van der Waals surface area (Å²) in [5.41, 5.74) is 1.95. The van der Waals surface area contributed by atoms with Crippen molar-refractivity contribution in [2.75, 3.05) is 14.2 Å². The van der Waals surface area contributed by atoms with Gasteiger partial charge in [0.1, 0.15) is 0 Å². The third-order valence-corrected chi connectivity index (χ3v) is 5.14. The minimum atomic E-state index is -0.103. The maximum Gasteiger partial charge on any atom is 0.160 e. The fourth-order valence-corrected chi connectivity index (χ4v) is 3.46. The van der Waals surface area contributed by atoms with Crippen LogP contribution < -0.4 is 9.47 Å². The number of rotatable bonds is 4. The Morgan fingerprint density at radius 2 is 1.16 bits per heavy atom. The van der Waals surface area contributed by atoms with Gasteiger partial charge in [-0.15, -0.1) is 0 Å². The molecule has 0 saturated carbocycles. The summed E-state index contributed by atoms with van der Waals surface area (Å²) in [5.74, 6) is 1.67. The van der Waals surface area contributed by atoms with E-state index < -0.39 is 0 Å². The number of aromatic hydroxyl groups is 2. The molecular weight excluding hydrogens is 320 g/mol. The number of hydrogen-bond donors (Lipinski definition) is 2. The molecule has 0 amide bonds. The van der Waals surface area contributed by atoms with Gasteiger partial charge in [0.15, 0.2) is 23.0 Å². The summed E-state index contributed by atoms with van der Waals surface area (Å²) in [6.45, 7) is 4.32. The number of methoxy groups -OCH3 is 2. The van der Waals surface area contributed by atoms with Crippen LogP contribution in [0.5, 0.6) is 23.0 Å². The van der Waals surface area contributed by atoms with Gasteiger partial charge < -0.3 is 24.4 Å². The monoisotopic (exact) mass is 344 g/mol. The van der Waals surface area contributed by atoms with E-state index in [0.29, 0.717) is 11.5 Å². The third kappa shape index (κ3) is 3.12. The summed E-state index contributed by atoms with van der Waals surface area (Å²) in [6, 6.07) is 10.6. The van der Waals surface area contributed by atoms with Crippen LogP contribution in [0.1, 0.15) is 37.2 Å². The summed E-state index contributed by atoms with van der Waals surface area (Å²) in [5, 5.41) is 19.6. The Bertz CT molecular complexity index is 694. The fraction of sp³-hybridized carbons (Fsp3) is 0.400. The van der Waals surface area contributed by atoms with E-state index >= 15 is 0 Å². The van der Waals surface area contributed by atoms with Crippen LogP contribution in [0.2, 0.25) is 0 Å². The van der Waals surface area contributed by atoms with Crippen molar-refractivity contribution in [3.05, 3.63) is 47.5 Å². The van der Waals surface area contributed by atoms with Gasteiger partial charge in [0.2, 0.25) is 0 Å². The molecule has 134 valence electrons. The molecule has 4 atom stereocenters. The van der Waals surface area contributed by atoms with E-state index in [4.69, 9.17) is 14.2 Å². The highest BCUT2D eigenvalue weighted by atomic mass is 16.5. The first-order valence-corrected chi connectivity index (χ1v) is 8.35. The van der Waals surface area contributed by atoms with Crippen molar-refractivity contribution >= 4 is 0 Å². The Labute approximate surface area is 147 Å². The Hall–Kier alpha value is -2.40. The number of hydrogen-bond acceptors (Lipinski definition) is 5. The van der Waals surface area contributed by atoms with Gasteiger partial charge in [-0.25, -0.2) is 0 Å². The Kier molecular flexibility index (Phi) is 4.77. The minimum absolute atomic E-state index is 0.103. The van der Waals surface area contributed by atoms with Crippen molar-refractivity contribution in [2.24, 2.45) is 11.8 Å². The SMILES string of the molecule is COc1cc(C2O[C@H](c3ccc(O)c(OC)c3)[C@@H](C)[C@@H]2C)ccc1O. The Morgan fingerprint density at radius 3 is 1.52 bits per heavy atom. The zero-order valence-electron chi connectivity index (χ0n) is 14.9. The maximum atomic E-state index is 9.81. The molecule has 2 N–H and O–H groups in total. The lowest BCUT2D eigenvalue weighted by Gasteiger charge is -2.18. The third-order valence-electron chi connectivity index (χ3n) is 5.14. The molecule has 1 saturated heterocycles. The first-order chi connectivity index (χ1) is 12.0. The van der Waals surface area contributed by atoms with Crippen LogP contribution in [-0.4, -0.2) is 24.4 Å². The fourth-order valence-electron chi connectivity index (χ4n) is 3.46. The lowest BCUT2D eigenvalue weighted by Crippen LogP contribution is -2.10. The molecule has 3 rings (SSSR count). The molecule has 2 aromatic carbocycles. The molecule has 1 fully saturated rings. The molecule has 5 heteroatoms. The van der Waals surface area contributed by atoms with Crippen LogP contribution in [-0.2, 0) is 4.74 Å². The van der Waals surface area contributed by atoms with Crippen molar-refractivity contribution in [3.63, 3.8) is 0 Å². The van der Waals surface area contributed by atoms with Gasteiger partial charge in [0, 0.05) is 0 Å². The van der Waals surface area contributed by atoms with Gasteiger partial charge >= 0.3 is 0 Å². The zero-order chi connectivity index (χ0) is 18.1. The van der Waals surface area contributed by atoms with Gasteiger partial charge in [-0.2, -0.15) is 0 Å². The van der Waals surface area contributed by atoms with Crippen LogP contribution in [0, 0.1) is 11.8 Å². The van der Waals surface area contributed by atoms with Crippen molar-refractivity contribution in [1.29, 1.82) is 0 Å². The molecule has 1 aliphatic rings. The highest BCUT2D eigenvalue weighted by Gasteiger charge is 2.41. The van der Waals surface area contributed by atoms with Crippen LogP contribution in [0.3, 0.4) is 0 Å². The average molecular weight is 344 g/mol. The van der Waals surface area contributed by atoms with E-state index in [-0.39, 0.29) is 35.5 Å². The second-order valence-electron chi connectivity index (χ2n) is 6.56. The van der Waals surface area contributed by atoms with Crippen LogP contribution in [0.25, 0.3) is 0 Å². The van der Waals surface area contributed by atoms with Gasteiger partial charge in [-0.3, -0.25) is 0 Å². The standard InChI is InChI=1S/C20H24O5/c1-11-12(2)20(14-6-8-16(22)18(10-14)24-4)25-19(11)13-5-7-15(21)17(9-13)23-3/h5-12,19-22H,1-4H3/t11-,12-,19-,20?/m0/s1. The molecule has 0 spiro atoms. The lowest BCUT2D eigenvalue weighted by atomic mass is 9.85. The summed E-state index contributed by atoms with van der Waals surface area (Å²) in [7, 11) is 3.07. The lowest BCUT2D eigenvalue weighted by molar-refractivity contribution is 0.0288. The van der Waals surface area contributed by atoms with E-state index in [2.05, 4.69) is 13.8 Å². The number of phenols is 2. The highest BCUT2D eigenvalue weighted by molar-refractivity contribution is 5.44. The number of ether oxygens (including phenoxy) is 3. The maximum absolute atomic E-state index is 9.81. The molecule has 2 aromatic rings. The van der Waals surface area contributed by atoms with Gasteiger partial charge in [0.05, 0.1) is 26.4 Å². The number of benzene rings is 2. The van der Waals surface area contributed by atoms with E-state index in [1.54, 1.807) is 12.1 Å². The molecule has 25 heavy (non-hydrogen) atoms. The quantitative estimate of drug-likeness (QED) is 0.870. The molecule has 1 unspecified atom stereocenters. The molecule has 1 heterocycles. The largest absolute Gasteiger partial charge is 0.504 e. The summed E-state index contributed by atoms with van der Waals surface area (Å²) in [6.07, 6.45) is -0.205. The normalized spacial score (nSPS) is 25.8. The molecule has 0 bridgehead atoms. The number of phenolic OH excluding ortho intramolecular Hbond substituents is 2. The van der Waals surface area contributed by atoms with E-state index in [9.17, 15) is 10.2 Å². The minimum Gasteiger partial charge on any atom is -0.504 e. The summed E-state index contributed by atoms with van der Waals surface area (Å²) >= 11 is 0. The first kappa shape index (κ1) is 17.4. The highest BCUT2D eigenvalue weighted by Crippen LogP contribution is 2.50. The van der Waals surface area contributed by atoms with Crippen molar-refractivity contribution in [2.45, 2.75) is 26.1 Å². The predicted molar refractivity (Wildman–Crippen MR) is 94.2 cm³/mol. The summed E-state index contributed by atoms with van der Waals surface area (Å²) < 4.78 is 16.8. The van der Waals surface area contributed by atoms with Crippen LogP contribution >= 0.6 is 0 Å².